The number of sulfonamides is 1. The van der Waals surface area contributed by atoms with E-state index in [0.717, 1.165) is 17.4 Å². The van der Waals surface area contributed by atoms with Gasteiger partial charge in [-0.05, 0) is 45.9 Å². The summed E-state index contributed by atoms with van der Waals surface area (Å²) in [5.41, 5.74) is -0.147. The van der Waals surface area contributed by atoms with Crippen LogP contribution >= 0.6 is 11.6 Å². The lowest BCUT2D eigenvalue weighted by molar-refractivity contribution is -0.0948. The molecule has 2 rings (SSSR count). The van der Waals surface area contributed by atoms with E-state index in [-0.39, 0.29) is 33.2 Å². The molecule has 1 amide bonds. The molecule has 1 aromatic carbocycles. The van der Waals surface area contributed by atoms with Gasteiger partial charge in [-0.25, -0.2) is 12.7 Å². The molecule has 7 nitrogen and oxygen atoms in total. The number of hydrogen-bond donors (Lipinski definition) is 1. The largest absolute Gasteiger partial charge is 0.373 e. The minimum atomic E-state index is -3.65. The molecule has 158 valence electrons. The third-order valence-electron chi connectivity index (χ3n) is 4.92. The Morgan fingerprint density at radius 3 is 2.39 bits per heavy atom. The molecule has 1 saturated heterocycles. The average molecular weight is 432 g/mol. The molecule has 0 saturated carbocycles. The number of nitrogens with zero attached hydrogens (tertiary/aromatic N) is 2. The van der Waals surface area contributed by atoms with E-state index in [1.807, 2.05) is 13.8 Å². The number of halogens is 1. The molecule has 28 heavy (non-hydrogen) atoms. The zero-order chi connectivity index (χ0) is 21.3. The monoisotopic (exact) mass is 431 g/mol. The molecule has 2 atom stereocenters. The maximum absolute atomic E-state index is 12.7. The summed E-state index contributed by atoms with van der Waals surface area (Å²) in [6.07, 6.45) is 0.252. The number of ether oxygens (including phenoxy) is 1. The zero-order valence-electron chi connectivity index (χ0n) is 17.3. The first kappa shape index (κ1) is 23.1. The number of benzene rings is 1. The Balaban J connectivity index is 2.14. The van der Waals surface area contributed by atoms with Gasteiger partial charge in [-0.15, -0.1) is 0 Å². The lowest BCUT2D eigenvalue weighted by Crippen LogP contribution is -2.58. The van der Waals surface area contributed by atoms with Crippen LogP contribution in [-0.2, 0) is 14.8 Å². The van der Waals surface area contributed by atoms with Crippen molar-refractivity contribution in [3.63, 3.8) is 0 Å². The minimum absolute atomic E-state index is 0.0298. The van der Waals surface area contributed by atoms with Crippen molar-refractivity contribution in [2.45, 2.75) is 50.3 Å². The predicted molar refractivity (Wildman–Crippen MR) is 110 cm³/mol. The smallest absolute Gasteiger partial charge is 0.252 e. The van der Waals surface area contributed by atoms with Gasteiger partial charge in [0.05, 0.1) is 27.7 Å². The van der Waals surface area contributed by atoms with Crippen molar-refractivity contribution >= 4 is 27.5 Å². The second-order valence-electron chi connectivity index (χ2n) is 8.09. The topological polar surface area (TPSA) is 79.0 Å². The van der Waals surface area contributed by atoms with Crippen molar-refractivity contribution in [1.82, 2.24) is 14.5 Å². The van der Waals surface area contributed by atoms with Crippen molar-refractivity contribution in [2.75, 3.05) is 33.7 Å². The Hall–Kier alpha value is -1.19. The van der Waals surface area contributed by atoms with Crippen LogP contribution in [0.15, 0.2) is 23.1 Å². The van der Waals surface area contributed by atoms with E-state index in [2.05, 4.69) is 24.1 Å². The van der Waals surface area contributed by atoms with Crippen molar-refractivity contribution in [3.8, 4) is 0 Å². The van der Waals surface area contributed by atoms with Crippen molar-refractivity contribution in [1.29, 1.82) is 0 Å². The number of morpholine rings is 1. The summed E-state index contributed by atoms with van der Waals surface area (Å²) < 4.78 is 31.5. The van der Waals surface area contributed by atoms with E-state index >= 15 is 0 Å². The van der Waals surface area contributed by atoms with Gasteiger partial charge >= 0.3 is 0 Å². The number of nitrogens with one attached hydrogen (secondary N) is 1. The molecular weight excluding hydrogens is 402 g/mol. The summed E-state index contributed by atoms with van der Waals surface area (Å²) in [6.45, 7) is 10.2. The highest BCUT2D eigenvalue weighted by Crippen LogP contribution is 2.24. The van der Waals surface area contributed by atoms with Gasteiger partial charge < -0.3 is 10.1 Å². The molecule has 2 unspecified atom stereocenters. The SMILES string of the molecule is CC1CN(C(C)(C)CNC(=O)c2cc(S(=O)(=O)N(C)C)ccc2Cl)CC(C)O1. The second-order valence-corrected chi connectivity index (χ2v) is 10.6. The first-order chi connectivity index (χ1) is 12.8. The number of carbonyl (C=O) groups excluding carboxylic acids is 1. The molecule has 1 fully saturated rings. The Kier molecular flexibility index (Phi) is 7.15. The van der Waals surface area contributed by atoms with Crippen LogP contribution in [0.4, 0.5) is 0 Å². The summed E-state index contributed by atoms with van der Waals surface area (Å²) in [5, 5.41) is 3.11. The van der Waals surface area contributed by atoms with E-state index in [4.69, 9.17) is 16.3 Å². The van der Waals surface area contributed by atoms with E-state index in [9.17, 15) is 13.2 Å². The van der Waals surface area contributed by atoms with Crippen LogP contribution in [0.2, 0.25) is 5.02 Å². The number of rotatable bonds is 6. The normalized spacial score (nSPS) is 21.7. The van der Waals surface area contributed by atoms with Gasteiger partial charge in [-0.1, -0.05) is 11.6 Å². The number of hydrogen-bond acceptors (Lipinski definition) is 5. The van der Waals surface area contributed by atoms with Crippen LogP contribution in [0, 0.1) is 0 Å². The summed E-state index contributed by atoms with van der Waals surface area (Å²) in [6, 6.07) is 4.15. The summed E-state index contributed by atoms with van der Waals surface area (Å²) in [4.78, 5) is 15.0. The van der Waals surface area contributed by atoms with Crippen LogP contribution in [0.5, 0.6) is 0 Å². The highest BCUT2D eigenvalue weighted by Gasteiger charge is 2.33. The van der Waals surface area contributed by atoms with Crippen LogP contribution in [0.1, 0.15) is 38.1 Å². The van der Waals surface area contributed by atoms with E-state index < -0.39 is 15.9 Å². The van der Waals surface area contributed by atoms with Gasteiger partial charge in [0.1, 0.15) is 0 Å². The molecule has 0 aromatic heterocycles. The fourth-order valence-electron chi connectivity index (χ4n) is 3.23. The molecule has 0 radical (unpaired) electrons. The Morgan fingerprint density at radius 2 is 1.86 bits per heavy atom. The van der Waals surface area contributed by atoms with E-state index in [1.54, 1.807) is 0 Å². The maximum Gasteiger partial charge on any atom is 0.252 e. The van der Waals surface area contributed by atoms with Gasteiger partial charge in [0.2, 0.25) is 10.0 Å². The summed E-state index contributed by atoms with van der Waals surface area (Å²) in [7, 11) is -0.768. The molecule has 1 aliphatic heterocycles. The van der Waals surface area contributed by atoms with Crippen LogP contribution < -0.4 is 5.32 Å². The van der Waals surface area contributed by atoms with Crippen LogP contribution in [0.3, 0.4) is 0 Å². The average Bonchev–Trinajstić information content (AvgIpc) is 2.59. The maximum atomic E-state index is 12.7. The van der Waals surface area contributed by atoms with Gasteiger partial charge in [-0.2, -0.15) is 0 Å². The third kappa shape index (κ3) is 5.24. The summed E-state index contributed by atoms with van der Waals surface area (Å²) >= 11 is 6.16. The van der Waals surface area contributed by atoms with Crippen molar-refractivity contribution in [2.24, 2.45) is 0 Å². The molecule has 0 aliphatic carbocycles. The lowest BCUT2D eigenvalue weighted by atomic mass is 10.00. The fraction of sp³-hybridized carbons (Fsp3) is 0.632. The van der Waals surface area contributed by atoms with Crippen molar-refractivity contribution in [3.05, 3.63) is 28.8 Å². The molecule has 1 heterocycles. The van der Waals surface area contributed by atoms with Gasteiger partial charge in [-0.3, -0.25) is 9.69 Å². The highest BCUT2D eigenvalue weighted by atomic mass is 35.5. The Morgan fingerprint density at radius 1 is 1.29 bits per heavy atom. The minimum Gasteiger partial charge on any atom is -0.373 e. The fourth-order valence-corrected chi connectivity index (χ4v) is 4.36. The predicted octanol–water partition coefficient (Wildman–Crippen LogP) is 2.21. The van der Waals surface area contributed by atoms with E-state index in [0.29, 0.717) is 6.54 Å². The standard InChI is InChI=1S/C19H30ClN3O4S/c1-13-10-23(11-14(2)27-13)19(3,4)12-21-18(24)16-9-15(7-8-17(16)20)28(25,26)22(5)6/h7-9,13-14H,10-12H2,1-6H3,(H,21,24). The first-order valence-corrected chi connectivity index (χ1v) is 11.1. The molecule has 1 aromatic rings. The molecule has 0 bridgehead atoms. The third-order valence-corrected chi connectivity index (χ3v) is 7.06. The number of carbonyl (C=O) groups is 1. The highest BCUT2D eigenvalue weighted by molar-refractivity contribution is 7.89. The second kappa shape index (κ2) is 8.67. The quantitative estimate of drug-likeness (QED) is 0.747. The molecule has 9 heteroatoms. The zero-order valence-corrected chi connectivity index (χ0v) is 18.9. The molecule has 1 N–H and O–H groups in total. The Labute approximate surface area is 173 Å². The van der Waals surface area contributed by atoms with Crippen LogP contribution in [0.25, 0.3) is 0 Å². The van der Waals surface area contributed by atoms with E-state index in [1.165, 1.54) is 32.3 Å². The molecule has 1 aliphatic rings. The van der Waals surface area contributed by atoms with Gasteiger partial charge in [0.25, 0.3) is 5.91 Å². The van der Waals surface area contributed by atoms with Crippen molar-refractivity contribution < 1.29 is 17.9 Å². The molecular formula is C19H30ClN3O4S. The first-order valence-electron chi connectivity index (χ1n) is 9.25. The Bertz CT molecular complexity index is 816. The lowest BCUT2D eigenvalue weighted by Gasteiger charge is -2.45. The van der Waals surface area contributed by atoms with Crippen LogP contribution in [-0.4, -0.2) is 75.0 Å². The molecule has 0 spiro atoms. The summed E-state index contributed by atoms with van der Waals surface area (Å²) in [5.74, 6) is -0.400. The number of amides is 1. The van der Waals surface area contributed by atoms with Gasteiger partial charge in [0.15, 0.2) is 0 Å². The van der Waals surface area contributed by atoms with Gasteiger partial charge in [0, 0.05) is 39.3 Å².